The summed E-state index contributed by atoms with van der Waals surface area (Å²) < 4.78 is 1.79. The Morgan fingerprint density at radius 1 is 1.03 bits per heavy atom. The number of nitrogens with zero attached hydrogens (tertiary/aromatic N) is 3. The maximum absolute atomic E-state index is 13.3. The van der Waals surface area contributed by atoms with Crippen LogP contribution in [0.1, 0.15) is 34.8 Å². The number of aromatic amines is 1. The van der Waals surface area contributed by atoms with E-state index in [2.05, 4.69) is 4.98 Å². The lowest BCUT2D eigenvalue weighted by Crippen LogP contribution is -2.50. The molecule has 0 saturated carbocycles. The molecule has 0 radical (unpaired) electrons. The van der Waals surface area contributed by atoms with Gasteiger partial charge in [-0.2, -0.15) is 0 Å². The molecule has 2 heterocycles. The van der Waals surface area contributed by atoms with Crippen molar-refractivity contribution in [3.63, 3.8) is 0 Å². The number of piperazine rings is 1. The molecule has 32 heavy (non-hydrogen) atoms. The van der Waals surface area contributed by atoms with Crippen molar-refractivity contribution < 1.29 is 9.59 Å². The summed E-state index contributed by atoms with van der Waals surface area (Å²) in [5, 5.41) is 0.467. The second-order valence-corrected chi connectivity index (χ2v) is 8.46. The number of H-pyrrole nitrogens is 1. The van der Waals surface area contributed by atoms with Gasteiger partial charge in [0.25, 0.3) is 11.5 Å². The van der Waals surface area contributed by atoms with Crippen LogP contribution < -0.4 is 5.56 Å². The van der Waals surface area contributed by atoms with Crippen LogP contribution in [0.5, 0.6) is 0 Å². The van der Waals surface area contributed by atoms with Crippen LogP contribution in [0.3, 0.4) is 0 Å². The number of carbonyl (C=O) groups is 2. The predicted molar refractivity (Wildman–Crippen MR) is 127 cm³/mol. The first-order chi connectivity index (χ1) is 15.3. The van der Waals surface area contributed by atoms with Gasteiger partial charge >= 0.3 is 0 Å². The second-order valence-electron chi connectivity index (χ2n) is 8.08. The Morgan fingerprint density at radius 3 is 2.41 bits per heavy atom. The Hall–Kier alpha value is -3.26. The Morgan fingerprint density at radius 2 is 1.72 bits per heavy atom. The van der Waals surface area contributed by atoms with Crippen LogP contribution >= 0.6 is 12.2 Å². The standard InChI is InChI=1S/C24H26N4O3S/c1-4-21(29)26-10-12-27(13-11-26)22(30)17-8-9-18-19(14-17)25-24(32)28(23(18)31)20-7-5-6-15(2)16(20)3/h5-9,14H,4,10-13H2,1-3H3,(H,25,32). The largest absolute Gasteiger partial charge is 0.339 e. The molecule has 0 bridgehead atoms. The lowest BCUT2D eigenvalue weighted by Gasteiger charge is -2.34. The number of hydrogen-bond acceptors (Lipinski definition) is 4. The third kappa shape index (κ3) is 3.86. The highest BCUT2D eigenvalue weighted by molar-refractivity contribution is 7.71. The molecule has 0 aliphatic carbocycles. The van der Waals surface area contributed by atoms with Gasteiger partial charge in [0.05, 0.1) is 16.6 Å². The summed E-state index contributed by atoms with van der Waals surface area (Å²) in [6.45, 7) is 7.86. The Bertz CT molecular complexity index is 1330. The zero-order valence-electron chi connectivity index (χ0n) is 18.5. The number of hydrogen-bond donors (Lipinski definition) is 1. The number of benzene rings is 2. The summed E-state index contributed by atoms with van der Waals surface area (Å²) in [5.41, 5.74) is 3.61. The maximum Gasteiger partial charge on any atom is 0.266 e. The fraction of sp³-hybridized carbons (Fsp3) is 0.333. The number of amides is 2. The van der Waals surface area contributed by atoms with Crippen LogP contribution in [0.4, 0.5) is 0 Å². The minimum Gasteiger partial charge on any atom is -0.339 e. The first kappa shape index (κ1) is 22.0. The van der Waals surface area contributed by atoms with Crippen LogP contribution in [-0.4, -0.2) is 57.3 Å². The van der Waals surface area contributed by atoms with Crippen LogP contribution in [0.25, 0.3) is 16.6 Å². The number of aromatic nitrogens is 2. The first-order valence-corrected chi connectivity index (χ1v) is 11.2. The third-order valence-electron chi connectivity index (χ3n) is 6.18. The zero-order chi connectivity index (χ0) is 23.0. The fourth-order valence-corrected chi connectivity index (χ4v) is 4.40. The molecule has 1 aliphatic rings. The highest BCUT2D eigenvalue weighted by atomic mass is 32.1. The molecule has 8 heteroatoms. The lowest BCUT2D eigenvalue weighted by atomic mass is 10.1. The minimum absolute atomic E-state index is 0.107. The maximum atomic E-state index is 13.3. The van der Waals surface area contributed by atoms with Crippen molar-refractivity contribution in [2.24, 2.45) is 0 Å². The molecule has 1 saturated heterocycles. The molecule has 0 spiro atoms. The molecule has 2 aromatic carbocycles. The Kier molecular flexibility index (Phi) is 5.97. The van der Waals surface area contributed by atoms with Gasteiger partial charge in [0.2, 0.25) is 5.91 Å². The molecule has 166 valence electrons. The van der Waals surface area contributed by atoms with Gasteiger partial charge in [-0.05, 0) is 61.5 Å². The summed E-state index contributed by atoms with van der Waals surface area (Å²) in [6.07, 6.45) is 0.470. The van der Waals surface area contributed by atoms with Gasteiger partial charge in [-0.3, -0.25) is 19.0 Å². The summed E-state index contributed by atoms with van der Waals surface area (Å²) >= 11 is 5.51. The topological polar surface area (TPSA) is 78.4 Å². The molecule has 3 aromatic rings. The average molecular weight is 451 g/mol. The van der Waals surface area contributed by atoms with Crippen molar-refractivity contribution in [3.8, 4) is 5.69 Å². The molecule has 0 atom stereocenters. The number of aryl methyl sites for hydroxylation is 1. The van der Waals surface area contributed by atoms with E-state index in [4.69, 9.17) is 12.2 Å². The van der Waals surface area contributed by atoms with Crippen molar-refractivity contribution in [2.45, 2.75) is 27.2 Å². The van der Waals surface area contributed by atoms with Crippen molar-refractivity contribution >= 4 is 34.9 Å². The normalized spacial score (nSPS) is 14.1. The van der Waals surface area contributed by atoms with Gasteiger partial charge < -0.3 is 14.8 Å². The van der Waals surface area contributed by atoms with E-state index in [1.807, 2.05) is 39.0 Å². The van der Waals surface area contributed by atoms with Crippen molar-refractivity contribution in [1.29, 1.82) is 0 Å². The zero-order valence-corrected chi connectivity index (χ0v) is 19.3. The van der Waals surface area contributed by atoms with E-state index in [-0.39, 0.29) is 22.1 Å². The van der Waals surface area contributed by atoms with E-state index in [0.29, 0.717) is 49.1 Å². The van der Waals surface area contributed by atoms with E-state index in [0.717, 1.165) is 16.8 Å². The summed E-state index contributed by atoms with van der Waals surface area (Å²) in [7, 11) is 0. The first-order valence-electron chi connectivity index (χ1n) is 10.7. The summed E-state index contributed by atoms with van der Waals surface area (Å²) in [6, 6.07) is 10.8. The van der Waals surface area contributed by atoms with Crippen LogP contribution in [0, 0.1) is 18.6 Å². The average Bonchev–Trinajstić information content (AvgIpc) is 2.80. The molecular weight excluding hydrogens is 424 g/mol. The van der Waals surface area contributed by atoms with Gasteiger partial charge in [0.1, 0.15) is 0 Å². The van der Waals surface area contributed by atoms with Gasteiger partial charge in [-0.1, -0.05) is 19.1 Å². The van der Waals surface area contributed by atoms with Crippen LogP contribution in [0.15, 0.2) is 41.2 Å². The van der Waals surface area contributed by atoms with E-state index in [1.165, 1.54) is 4.57 Å². The Labute approximate surface area is 191 Å². The number of nitrogens with one attached hydrogen (secondary N) is 1. The van der Waals surface area contributed by atoms with Gasteiger partial charge in [-0.15, -0.1) is 0 Å². The predicted octanol–water partition coefficient (Wildman–Crippen LogP) is 3.36. The lowest BCUT2D eigenvalue weighted by molar-refractivity contribution is -0.132. The highest BCUT2D eigenvalue weighted by Crippen LogP contribution is 2.19. The van der Waals surface area contributed by atoms with Gasteiger partial charge in [-0.25, -0.2) is 0 Å². The van der Waals surface area contributed by atoms with Crippen molar-refractivity contribution in [2.75, 3.05) is 26.2 Å². The van der Waals surface area contributed by atoms with E-state index < -0.39 is 0 Å². The quantitative estimate of drug-likeness (QED) is 0.621. The molecule has 1 fully saturated rings. The minimum atomic E-state index is -0.219. The van der Waals surface area contributed by atoms with Crippen molar-refractivity contribution in [3.05, 3.63) is 68.2 Å². The van der Waals surface area contributed by atoms with E-state index >= 15 is 0 Å². The number of rotatable bonds is 3. The SMILES string of the molecule is CCC(=O)N1CCN(C(=O)c2ccc3c(=O)n(-c4cccc(C)c4C)c(=S)[nH]c3c2)CC1. The molecule has 7 nitrogen and oxygen atoms in total. The monoisotopic (exact) mass is 450 g/mol. The van der Waals surface area contributed by atoms with E-state index in [1.54, 1.807) is 28.0 Å². The molecule has 0 unspecified atom stereocenters. The molecular formula is C24H26N4O3S. The Balaban J connectivity index is 1.67. The van der Waals surface area contributed by atoms with Crippen LogP contribution in [0.2, 0.25) is 0 Å². The van der Waals surface area contributed by atoms with Crippen molar-refractivity contribution in [1.82, 2.24) is 19.4 Å². The third-order valence-corrected chi connectivity index (χ3v) is 6.47. The van der Waals surface area contributed by atoms with E-state index in [9.17, 15) is 14.4 Å². The highest BCUT2D eigenvalue weighted by Gasteiger charge is 2.24. The smallest absolute Gasteiger partial charge is 0.266 e. The van der Waals surface area contributed by atoms with Gasteiger partial charge in [0, 0.05) is 38.2 Å². The van der Waals surface area contributed by atoms with Gasteiger partial charge in [0.15, 0.2) is 4.77 Å². The number of fused-ring (bicyclic) bond motifs is 1. The second kappa shape index (κ2) is 8.70. The number of carbonyl (C=O) groups excluding carboxylic acids is 2. The molecule has 1 aliphatic heterocycles. The molecule has 2 amide bonds. The van der Waals surface area contributed by atoms with Crippen LogP contribution in [-0.2, 0) is 4.79 Å². The summed E-state index contributed by atoms with van der Waals surface area (Å²) in [5.74, 6) is -0.0102. The molecule has 4 rings (SSSR count). The summed E-state index contributed by atoms with van der Waals surface area (Å²) in [4.78, 5) is 44.8. The fourth-order valence-electron chi connectivity index (χ4n) is 4.11. The molecule has 1 aromatic heterocycles. The molecule has 1 N–H and O–H groups in total.